The van der Waals surface area contributed by atoms with Crippen LogP contribution < -0.4 is 0 Å². The lowest BCUT2D eigenvalue weighted by Gasteiger charge is -2.41. The maximum absolute atomic E-state index is 11.8. The fraction of sp³-hybridized carbons (Fsp3) is 0.929. The summed E-state index contributed by atoms with van der Waals surface area (Å²) in [7, 11) is 1.80. The topological polar surface area (TPSA) is 29.5 Å². The highest BCUT2D eigenvalue weighted by atomic mass is 16.5. The van der Waals surface area contributed by atoms with E-state index in [0.717, 1.165) is 45.3 Å². The molecule has 0 aromatic rings. The molecule has 0 bridgehead atoms. The van der Waals surface area contributed by atoms with Crippen LogP contribution in [0.4, 0.5) is 0 Å². The van der Waals surface area contributed by atoms with Crippen LogP contribution in [-0.2, 0) is 9.53 Å². The molecule has 0 spiro atoms. The van der Waals surface area contributed by atoms with Crippen LogP contribution in [0, 0.1) is 5.92 Å². The van der Waals surface area contributed by atoms with Gasteiger partial charge in [0.15, 0.2) is 0 Å². The zero-order valence-corrected chi connectivity index (χ0v) is 11.2. The minimum Gasteiger partial charge on any atom is -0.377 e. The number of ketones is 1. The second kappa shape index (κ2) is 5.49. The average Bonchev–Trinajstić information content (AvgIpc) is 2.32. The minimum absolute atomic E-state index is 0.00400. The van der Waals surface area contributed by atoms with Crippen LogP contribution in [0.3, 0.4) is 0 Å². The molecular weight excluding hydrogens is 214 g/mol. The van der Waals surface area contributed by atoms with Crippen molar-refractivity contribution in [3.8, 4) is 0 Å². The molecule has 1 saturated carbocycles. The van der Waals surface area contributed by atoms with Crippen molar-refractivity contribution in [3.05, 3.63) is 0 Å². The number of nitrogens with zero attached hydrogens (tertiary/aromatic N) is 1. The Morgan fingerprint density at radius 3 is 2.94 bits per heavy atom. The first-order chi connectivity index (χ1) is 8.13. The van der Waals surface area contributed by atoms with Crippen LogP contribution in [0.2, 0.25) is 0 Å². The van der Waals surface area contributed by atoms with Gasteiger partial charge in [-0.05, 0) is 39.2 Å². The molecule has 98 valence electrons. The summed E-state index contributed by atoms with van der Waals surface area (Å²) in [4.78, 5) is 14.3. The zero-order valence-electron chi connectivity index (χ0n) is 11.2. The van der Waals surface area contributed by atoms with Gasteiger partial charge in [0.05, 0.1) is 5.60 Å². The third kappa shape index (κ3) is 3.29. The summed E-state index contributed by atoms with van der Waals surface area (Å²) in [6, 6.07) is 0. The maximum atomic E-state index is 11.8. The van der Waals surface area contributed by atoms with E-state index in [2.05, 4.69) is 11.8 Å². The number of Topliss-reactive ketones (excluding diaryl/α,β-unsaturated/α-hetero) is 1. The number of hydrogen-bond acceptors (Lipinski definition) is 3. The molecule has 1 saturated heterocycles. The molecule has 0 amide bonds. The first-order valence-corrected chi connectivity index (χ1v) is 6.93. The summed E-state index contributed by atoms with van der Waals surface area (Å²) in [5, 5.41) is 0. The molecule has 2 aliphatic rings. The molecule has 0 aromatic carbocycles. The van der Waals surface area contributed by atoms with Gasteiger partial charge in [-0.1, -0.05) is 6.42 Å². The van der Waals surface area contributed by atoms with Gasteiger partial charge in [0.1, 0.15) is 5.78 Å². The van der Waals surface area contributed by atoms with Crippen molar-refractivity contribution in [2.45, 2.75) is 51.0 Å². The van der Waals surface area contributed by atoms with E-state index in [1.807, 2.05) is 0 Å². The Morgan fingerprint density at radius 2 is 2.24 bits per heavy atom. The van der Waals surface area contributed by atoms with Gasteiger partial charge in [0, 0.05) is 32.5 Å². The highest BCUT2D eigenvalue weighted by Gasteiger charge is 2.33. The van der Waals surface area contributed by atoms with Gasteiger partial charge in [0.25, 0.3) is 0 Å². The Hall–Kier alpha value is -0.410. The van der Waals surface area contributed by atoms with Gasteiger partial charge in [-0.2, -0.15) is 0 Å². The Bertz CT molecular complexity index is 279. The lowest BCUT2D eigenvalue weighted by atomic mass is 9.86. The second-order valence-electron chi connectivity index (χ2n) is 5.90. The van der Waals surface area contributed by atoms with Crippen molar-refractivity contribution in [3.63, 3.8) is 0 Å². The number of hydrogen-bond donors (Lipinski definition) is 0. The molecule has 3 heteroatoms. The predicted molar refractivity (Wildman–Crippen MR) is 68.1 cm³/mol. The number of rotatable bonds is 3. The molecule has 3 nitrogen and oxygen atoms in total. The molecule has 0 radical (unpaired) electrons. The van der Waals surface area contributed by atoms with Crippen molar-refractivity contribution in [1.82, 2.24) is 4.90 Å². The van der Waals surface area contributed by atoms with E-state index in [4.69, 9.17) is 4.74 Å². The number of carbonyl (C=O) groups excluding carboxylic acids is 1. The van der Waals surface area contributed by atoms with Gasteiger partial charge >= 0.3 is 0 Å². The van der Waals surface area contributed by atoms with Gasteiger partial charge in [-0.25, -0.2) is 0 Å². The lowest BCUT2D eigenvalue weighted by Crippen LogP contribution is -2.49. The number of ether oxygens (including phenoxy) is 1. The number of carbonyl (C=O) groups is 1. The molecule has 2 atom stereocenters. The molecular formula is C14H25NO2. The Kier molecular flexibility index (Phi) is 4.21. The first-order valence-electron chi connectivity index (χ1n) is 6.93. The van der Waals surface area contributed by atoms with Crippen LogP contribution >= 0.6 is 0 Å². The third-order valence-corrected chi connectivity index (χ3v) is 4.39. The minimum atomic E-state index is -0.00400. The summed E-state index contributed by atoms with van der Waals surface area (Å²) < 4.78 is 5.60. The van der Waals surface area contributed by atoms with Crippen LogP contribution in [0.25, 0.3) is 0 Å². The van der Waals surface area contributed by atoms with Crippen molar-refractivity contribution < 1.29 is 9.53 Å². The smallest absolute Gasteiger partial charge is 0.137 e. The van der Waals surface area contributed by atoms with Crippen LogP contribution in [0.1, 0.15) is 45.4 Å². The highest BCUT2D eigenvalue weighted by Crippen LogP contribution is 2.27. The van der Waals surface area contributed by atoms with E-state index in [0.29, 0.717) is 11.7 Å². The zero-order chi connectivity index (χ0) is 12.3. The molecule has 17 heavy (non-hydrogen) atoms. The standard InChI is InChI=1S/C14H25NO2/c1-14(17-2)8-5-9-15(11-14)10-12-6-3-4-7-13(12)16/h12H,3-11H2,1-2H3. The van der Waals surface area contributed by atoms with E-state index < -0.39 is 0 Å². The SMILES string of the molecule is COC1(C)CCCN(CC2CCCCC2=O)C1. The summed E-state index contributed by atoms with van der Waals surface area (Å²) >= 11 is 0. The van der Waals surface area contributed by atoms with Crippen LogP contribution in [0.5, 0.6) is 0 Å². The molecule has 0 N–H and O–H groups in total. The van der Waals surface area contributed by atoms with Crippen LogP contribution in [-0.4, -0.2) is 43.0 Å². The lowest BCUT2D eigenvalue weighted by molar-refractivity contribution is -0.126. The highest BCUT2D eigenvalue weighted by molar-refractivity contribution is 5.81. The second-order valence-corrected chi connectivity index (χ2v) is 5.90. The van der Waals surface area contributed by atoms with Gasteiger partial charge in [-0.15, -0.1) is 0 Å². The maximum Gasteiger partial charge on any atom is 0.137 e. The number of likely N-dealkylation sites (tertiary alicyclic amines) is 1. The van der Waals surface area contributed by atoms with Crippen molar-refractivity contribution >= 4 is 5.78 Å². The molecule has 1 aliphatic carbocycles. The molecule has 2 fully saturated rings. The molecule has 2 rings (SSSR count). The van der Waals surface area contributed by atoms with E-state index >= 15 is 0 Å². The average molecular weight is 239 g/mol. The molecule has 1 heterocycles. The van der Waals surface area contributed by atoms with Crippen molar-refractivity contribution in [1.29, 1.82) is 0 Å². The van der Waals surface area contributed by atoms with Crippen molar-refractivity contribution in [2.24, 2.45) is 5.92 Å². The Morgan fingerprint density at radius 1 is 1.41 bits per heavy atom. The number of methoxy groups -OCH3 is 1. The van der Waals surface area contributed by atoms with E-state index in [9.17, 15) is 4.79 Å². The van der Waals surface area contributed by atoms with Gasteiger partial charge in [0.2, 0.25) is 0 Å². The Balaban J connectivity index is 1.87. The van der Waals surface area contributed by atoms with Gasteiger partial charge in [-0.3, -0.25) is 9.69 Å². The molecule has 1 aliphatic heterocycles. The van der Waals surface area contributed by atoms with E-state index in [-0.39, 0.29) is 5.60 Å². The van der Waals surface area contributed by atoms with Crippen molar-refractivity contribution in [2.75, 3.05) is 26.7 Å². The van der Waals surface area contributed by atoms with Gasteiger partial charge < -0.3 is 4.74 Å². The summed E-state index contributed by atoms with van der Waals surface area (Å²) in [6.07, 6.45) is 6.56. The quantitative estimate of drug-likeness (QED) is 0.756. The monoisotopic (exact) mass is 239 g/mol. The summed E-state index contributed by atoms with van der Waals surface area (Å²) in [6.45, 7) is 5.25. The van der Waals surface area contributed by atoms with E-state index in [1.165, 1.54) is 12.8 Å². The fourth-order valence-electron chi connectivity index (χ4n) is 3.19. The first kappa shape index (κ1) is 13.0. The predicted octanol–water partition coefficient (Wildman–Crippen LogP) is 2.25. The molecule has 0 aromatic heterocycles. The molecule has 2 unspecified atom stereocenters. The number of piperidine rings is 1. The normalized spacial score (nSPS) is 36.1. The van der Waals surface area contributed by atoms with Crippen LogP contribution in [0.15, 0.2) is 0 Å². The summed E-state index contributed by atoms with van der Waals surface area (Å²) in [5.41, 5.74) is -0.00400. The fourth-order valence-corrected chi connectivity index (χ4v) is 3.19. The summed E-state index contributed by atoms with van der Waals surface area (Å²) in [5.74, 6) is 0.781. The Labute approximate surface area is 105 Å². The largest absolute Gasteiger partial charge is 0.377 e. The van der Waals surface area contributed by atoms with E-state index in [1.54, 1.807) is 7.11 Å². The third-order valence-electron chi connectivity index (χ3n) is 4.39.